The summed E-state index contributed by atoms with van der Waals surface area (Å²) in [6.07, 6.45) is 2.03. The largest absolute Gasteiger partial charge is 0.524 e. The molecule has 0 spiro atoms. The number of aromatic nitrogens is 3. The van der Waals surface area contributed by atoms with E-state index in [0.29, 0.717) is 34.6 Å². The molecule has 47 heavy (non-hydrogen) atoms. The van der Waals surface area contributed by atoms with Crippen LogP contribution in [0.2, 0.25) is 0 Å². The molecule has 5 rings (SSSR count). The zero-order chi connectivity index (χ0) is 33.9. The number of nitrogen functional groups attached to an aromatic ring is 1. The number of fused-ring (bicyclic) bond motifs is 3. The number of imidazole rings is 1. The van der Waals surface area contributed by atoms with Crippen LogP contribution in [0.1, 0.15) is 68.0 Å². The van der Waals surface area contributed by atoms with E-state index in [2.05, 4.69) is 21.8 Å². The Hall–Kier alpha value is -4.85. The van der Waals surface area contributed by atoms with Crippen LogP contribution < -0.4 is 15.6 Å². The summed E-state index contributed by atoms with van der Waals surface area (Å²) in [5.41, 5.74) is 10.5. The smallest absolute Gasteiger partial charge is 0.404 e. The van der Waals surface area contributed by atoms with Crippen LogP contribution in [0.5, 0.6) is 5.75 Å². The lowest BCUT2D eigenvalue weighted by atomic mass is 10.1. The van der Waals surface area contributed by atoms with E-state index >= 15 is 0 Å². The summed E-state index contributed by atoms with van der Waals surface area (Å²) in [5.74, 6) is -1.28. The SMILES string of the molecule is CCCCc1nc2c(N)nc3cc(CNC(=O)CCC(=O)ON4C(=O)CCC4=O)ccc3c2n1Cc1ccc(OP(=O)(O)O)c(C)c1. The van der Waals surface area contributed by atoms with E-state index in [1.165, 1.54) is 6.07 Å². The van der Waals surface area contributed by atoms with Crippen molar-refractivity contribution in [2.24, 2.45) is 0 Å². The van der Waals surface area contributed by atoms with Gasteiger partial charge in [0.2, 0.25) is 5.91 Å². The number of aryl methyl sites for hydroxylation is 2. The number of pyridine rings is 1. The standard InChI is InChI=1S/C31H35N6O9P/c1-3-4-5-24-35-29-30(36(24)17-20-7-9-23(18(2)14-20)46-47(42,43)44)21-8-6-19(15-22(21)34-31(29)32)16-33-25(38)10-13-28(41)45-37-26(39)11-12-27(37)40/h6-9,14-15H,3-5,10-13,16-17H2,1-2H3,(H2,32,34)(H,33,38)(H2,42,43,44). The van der Waals surface area contributed by atoms with E-state index in [4.69, 9.17) is 20.1 Å². The first-order valence-electron chi connectivity index (χ1n) is 15.1. The highest BCUT2D eigenvalue weighted by Crippen LogP contribution is 2.39. The van der Waals surface area contributed by atoms with Crippen molar-refractivity contribution in [2.75, 3.05) is 5.73 Å². The molecule has 0 unspecified atom stereocenters. The van der Waals surface area contributed by atoms with Gasteiger partial charge in [-0.25, -0.2) is 19.3 Å². The third-order valence-electron chi connectivity index (χ3n) is 7.64. The Labute approximate surface area is 269 Å². The van der Waals surface area contributed by atoms with Gasteiger partial charge in [0.25, 0.3) is 11.8 Å². The van der Waals surface area contributed by atoms with Crippen molar-refractivity contribution in [1.29, 1.82) is 0 Å². The quantitative estimate of drug-likeness (QED) is 0.119. The average molecular weight is 667 g/mol. The van der Waals surface area contributed by atoms with Crippen molar-refractivity contribution in [3.05, 3.63) is 58.9 Å². The first-order chi connectivity index (χ1) is 22.3. The van der Waals surface area contributed by atoms with Gasteiger partial charge < -0.3 is 25.0 Å². The topological polar surface area (TPSA) is 216 Å². The number of benzene rings is 2. The number of unbranched alkanes of at least 4 members (excludes halogenated alkanes) is 1. The van der Waals surface area contributed by atoms with Gasteiger partial charge in [-0.1, -0.05) is 37.6 Å². The fraction of sp³-hybridized carbons (Fsp3) is 0.355. The number of imide groups is 1. The molecule has 3 heterocycles. The van der Waals surface area contributed by atoms with E-state index in [0.717, 1.165) is 40.7 Å². The molecular formula is C31H35N6O9P. The molecule has 0 atom stereocenters. The minimum absolute atomic E-state index is 0.0139. The molecule has 1 saturated heterocycles. The molecule has 3 amide bonds. The lowest BCUT2D eigenvalue weighted by molar-refractivity contribution is -0.197. The predicted molar refractivity (Wildman–Crippen MR) is 169 cm³/mol. The van der Waals surface area contributed by atoms with E-state index in [9.17, 15) is 33.5 Å². The molecule has 2 aromatic carbocycles. The number of carbonyl (C=O) groups excluding carboxylic acids is 4. The van der Waals surface area contributed by atoms with Crippen LogP contribution >= 0.6 is 7.82 Å². The number of hydrogen-bond acceptors (Lipinski definition) is 10. The Balaban J connectivity index is 1.34. The maximum absolute atomic E-state index is 12.4. The number of nitrogens with one attached hydrogen (secondary N) is 1. The van der Waals surface area contributed by atoms with Crippen LogP contribution in [0.4, 0.5) is 5.82 Å². The molecule has 0 aliphatic carbocycles. The number of rotatable bonds is 13. The van der Waals surface area contributed by atoms with Crippen LogP contribution in [0, 0.1) is 6.92 Å². The number of carbonyl (C=O) groups is 4. The highest BCUT2D eigenvalue weighted by Gasteiger charge is 2.32. The van der Waals surface area contributed by atoms with Gasteiger partial charge in [-0.3, -0.25) is 24.2 Å². The summed E-state index contributed by atoms with van der Waals surface area (Å²) in [5, 5.41) is 3.99. The second-order valence-electron chi connectivity index (χ2n) is 11.3. The van der Waals surface area contributed by atoms with Crippen molar-refractivity contribution in [2.45, 2.75) is 71.9 Å². The van der Waals surface area contributed by atoms with Gasteiger partial charge in [-0.2, -0.15) is 0 Å². The minimum Gasteiger partial charge on any atom is -0.404 e. The molecule has 5 N–H and O–H groups in total. The lowest BCUT2D eigenvalue weighted by Gasteiger charge is -2.14. The van der Waals surface area contributed by atoms with Gasteiger partial charge in [0.15, 0.2) is 5.82 Å². The van der Waals surface area contributed by atoms with Gasteiger partial charge in [0.05, 0.1) is 17.5 Å². The summed E-state index contributed by atoms with van der Waals surface area (Å²) in [6.45, 7) is 4.36. The zero-order valence-corrected chi connectivity index (χ0v) is 26.8. The van der Waals surface area contributed by atoms with E-state index in [1.807, 2.05) is 18.2 Å². The van der Waals surface area contributed by atoms with Crippen LogP contribution in [-0.4, -0.2) is 53.1 Å². The monoisotopic (exact) mass is 666 g/mol. The Morgan fingerprint density at radius 2 is 1.77 bits per heavy atom. The third-order valence-corrected chi connectivity index (χ3v) is 8.08. The van der Waals surface area contributed by atoms with Gasteiger partial charge in [-0.15, -0.1) is 5.06 Å². The molecule has 1 fully saturated rings. The maximum atomic E-state index is 12.4. The molecule has 16 heteroatoms. The number of nitrogens with zero attached hydrogens (tertiary/aromatic N) is 4. The number of phosphoric acid groups is 1. The number of anilines is 1. The molecule has 1 aliphatic rings. The van der Waals surface area contributed by atoms with E-state index < -0.39 is 31.5 Å². The summed E-state index contributed by atoms with van der Waals surface area (Å²) in [7, 11) is -4.70. The van der Waals surface area contributed by atoms with Crippen molar-refractivity contribution in [3.8, 4) is 5.75 Å². The van der Waals surface area contributed by atoms with Gasteiger partial charge in [0.1, 0.15) is 17.1 Å². The van der Waals surface area contributed by atoms with Crippen molar-refractivity contribution >= 4 is 59.3 Å². The van der Waals surface area contributed by atoms with Crippen LogP contribution in [-0.2, 0) is 48.1 Å². The summed E-state index contributed by atoms with van der Waals surface area (Å²) < 4.78 is 18.2. The Bertz CT molecular complexity index is 1920. The van der Waals surface area contributed by atoms with E-state index in [1.54, 1.807) is 19.1 Å². The van der Waals surface area contributed by atoms with Gasteiger partial charge in [-0.05, 0) is 42.2 Å². The van der Waals surface area contributed by atoms with Gasteiger partial charge in [0, 0.05) is 44.2 Å². The molecule has 2 aromatic heterocycles. The first-order valence-corrected chi connectivity index (χ1v) is 16.6. The summed E-state index contributed by atoms with van der Waals surface area (Å²) in [6, 6.07) is 10.6. The number of amides is 3. The molecule has 1 aliphatic heterocycles. The fourth-order valence-corrected chi connectivity index (χ4v) is 5.80. The Morgan fingerprint density at radius 3 is 2.45 bits per heavy atom. The molecule has 4 aromatic rings. The fourth-order valence-electron chi connectivity index (χ4n) is 5.34. The molecule has 248 valence electrons. The maximum Gasteiger partial charge on any atom is 0.524 e. The van der Waals surface area contributed by atoms with Crippen molar-refractivity contribution < 1.29 is 42.9 Å². The first kappa shape index (κ1) is 33.5. The second kappa shape index (κ2) is 13.9. The van der Waals surface area contributed by atoms with Crippen LogP contribution in [0.3, 0.4) is 0 Å². The molecule has 0 bridgehead atoms. The normalized spacial score (nSPS) is 13.5. The average Bonchev–Trinajstić information content (AvgIpc) is 3.53. The predicted octanol–water partition coefficient (Wildman–Crippen LogP) is 3.34. The second-order valence-corrected chi connectivity index (χ2v) is 12.4. The molecular weight excluding hydrogens is 631 g/mol. The third kappa shape index (κ3) is 7.94. The number of nitrogens with two attached hydrogens (primary N) is 1. The van der Waals surface area contributed by atoms with Crippen LogP contribution in [0.15, 0.2) is 36.4 Å². The van der Waals surface area contributed by atoms with Gasteiger partial charge >= 0.3 is 13.8 Å². The number of phosphoric ester groups is 1. The zero-order valence-electron chi connectivity index (χ0n) is 25.9. The number of hydrogen-bond donors (Lipinski definition) is 4. The van der Waals surface area contributed by atoms with Crippen molar-refractivity contribution in [1.82, 2.24) is 24.9 Å². The highest BCUT2D eigenvalue weighted by molar-refractivity contribution is 7.46. The van der Waals surface area contributed by atoms with Crippen LogP contribution in [0.25, 0.3) is 21.9 Å². The Morgan fingerprint density at radius 1 is 1.04 bits per heavy atom. The Kier molecular flexibility index (Phi) is 9.89. The minimum atomic E-state index is -4.70. The van der Waals surface area contributed by atoms with Crippen molar-refractivity contribution in [3.63, 3.8) is 0 Å². The number of hydroxylamine groups is 2. The molecule has 0 saturated carbocycles. The van der Waals surface area contributed by atoms with E-state index in [-0.39, 0.29) is 43.8 Å². The summed E-state index contributed by atoms with van der Waals surface area (Å²) in [4.78, 5) is 80.4. The highest BCUT2D eigenvalue weighted by atomic mass is 31.2. The lowest BCUT2D eigenvalue weighted by Crippen LogP contribution is -2.32. The molecule has 15 nitrogen and oxygen atoms in total. The summed E-state index contributed by atoms with van der Waals surface area (Å²) >= 11 is 0. The molecule has 0 radical (unpaired) electrons.